The Morgan fingerprint density at radius 3 is 2.56 bits per heavy atom. The fourth-order valence-electron chi connectivity index (χ4n) is 3.66. The zero-order valence-electron chi connectivity index (χ0n) is 17.3. The molecular weight excluding hydrogens is 432 g/mol. The molecule has 9 nitrogen and oxygen atoms in total. The summed E-state index contributed by atoms with van der Waals surface area (Å²) in [5.41, 5.74) is 2.06. The Hall–Kier alpha value is -3.21. The van der Waals surface area contributed by atoms with Gasteiger partial charge in [0.25, 0.3) is 0 Å². The van der Waals surface area contributed by atoms with E-state index in [2.05, 4.69) is 15.6 Å². The molecule has 0 radical (unpaired) electrons. The number of carbonyl (C=O) groups excluding carboxylic acids is 2. The van der Waals surface area contributed by atoms with E-state index in [1.807, 2.05) is 30.5 Å². The lowest BCUT2D eigenvalue weighted by atomic mass is 10.1. The van der Waals surface area contributed by atoms with Crippen molar-refractivity contribution < 1.29 is 22.7 Å². The number of ether oxygens (including phenoxy) is 1. The van der Waals surface area contributed by atoms with Crippen molar-refractivity contribution in [1.29, 1.82) is 0 Å². The van der Waals surface area contributed by atoms with Crippen molar-refractivity contribution in [2.75, 3.05) is 26.2 Å². The van der Waals surface area contributed by atoms with Gasteiger partial charge in [0.15, 0.2) is 0 Å². The molecule has 1 saturated heterocycles. The van der Waals surface area contributed by atoms with Crippen LogP contribution in [0.4, 0.5) is 0 Å². The third kappa shape index (κ3) is 4.67. The summed E-state index contributed by atoms with van der Waals surface area (Å²) < 4.78 is 32.3. The maximum Gasteiger partial charge on any atom is 0.309 e. The molecule has 2 amide bonds. The summed E-state index contributed by atoms with van der Waals surface area (Å²) in [5.74, 6) is -1.61. The minimum atomic E-state index is -3.76. The van der Waals surface area contributed by atoms with E-state index in [1.165, 1.54) is 16.4 Å². The first-order valence-electron chi connectivity index (χ1n) is 10.3. The Labute approximate surface area is 185 Å². The summed E-state index contributed by atoms with van der Waals surface area (Å²) in [7, 11) is -3.76. The Morgan fingerprint density at radius 2 is 1.75 bits per heavy atom. The fourth-order valence-corrected chi connectivity index (χ4v) is 5.19. The van der Waals surface area contributed by atoms with Crippen LogP contribution in [-0.2, 0) is 30.8 Å². The lowest BCUT2D eigenvalue weighted by Crippen LogP contribution is -2.47. The largest absolute Gasteiger partial charge is 0.361 e. The topological polar surface area (TPSA) is 121 Å². The van der Waals surface area contributed by atoms with Crippen LogP contribution < -0.4 is 10.6 Å². The lowest BCUT2D eigenvalue weighted by Gasteiger charge is -2.22. The number of hydrogen-bond acceptors (Lipinski definition) is 5. The van der Waals surface area contributed by atoms with E-state index in [-0.39, 0.29) is 24.6 Å². The lowest BCUT2D eigenvalue weighted by molar-refractivity contribution is -0.139. The zero-order valence-corrected chi connectivity index (χ0v) is 18.1. The Kier molecular flexibility index (Phi) is 6.54. The van der Waals surface area contributed by atoms with Crippen LogP contribution in [-0.4, -0.2) is 62.0 Å². The normalized spacial score (nSPS) is 16.8. The number of hydrogen-bond donors (Lipinski definition) is 3. The first-order chi connectivity index (χ1) is 15.5. The number of benzene rings is 2. The molecule has 10 heteroatoms. The standard InChI is InChI=1S/C22H24N4O5S/c27-21(23-11-10-16-14-24-19-9-5-4-8-18(16)19)22(28)25-15-20-26(12-13-31-20)32(29,30)17-6-2-1-3-7-17/h1-9,14,20,24H,10-13,15H2,(H,23,27)(H,25,28)/t20-/m1/s1. The van der Waals surface area contributed by atoms with Gasteiger partial charge in [0.2, 0.25) is 10.0 Å². The molecule has 4 rings (SSSR count). The molecule has 2 aromatic carbocycles. The number of aromatic amines is 1. The van der Waals surface area contributed by atoms with Gasteiger partial charge < -0.3 is 20.4 Å². The summed E-state index contributed by atoms with van der Waals surface area (Å²) in [6.45, 7) is 0.557. The van der Waals surface area contributed by atoms with E-state index in [0.29, 0.717) is 13.0 Å². The number of fused-ring (bicyclic) bond motifs is 1. The van der Waals surface area contributed by atoms with Crippen molar-refractivity contribution in [2.45, 2.75) is 17.5 Å². The van der Waals surface area contributed by atoms with E-state index >= 15 is 0 Å². The maximum atomic E-state index is 12.8. The quantitative estimate of drug-likeness (QED) is 0.458. The van der Waals surface area contributed by atoms with Gasteiger partial charge in [0.05, 0.1) is 18.0 Å². The predicted molar refractivity (Wildman–Crippen MR) is 118 cm³/mol. The van der Waals surface area contributed by atoms with Gasteiger partial charge in [0, 0.05) is 30.2 Å². The van der Waals surface area contributed by atoms with Crippen LogP contribution in [0.5, 0.6) is 0 Å². The molecule has 0 bridgehead atoms. The first-order valence-corrected chi connectivity index (χ1v) is 11.7. The summed E-state index contributed by atoms with van der Waals surface area (Å²) in [4.78, 5) is 27.6. The first kappa shape index (κ1) is 22.0. The van der Waals surface area contributed by atoms with Gasteiger partial charge in [-0.15, -0.1) is 0 Å². The van der Waals surface area contributed by atoms with Crippen molar-refractivity contribution in [1.82, 2.24) is 19.9 Å². The second kappa shape index (κ2) is 9.51. The third-order valence-electron chi connectivity index (χ3n) is 5.29. The van der Waals surface area contributed by atoms with E-state index in [4.69, 9.17) is 4.74 Å². The number of sulfonamides is 1. The van der Waals surface area contributed by atoms with E-state index in [9.17, 15) is 18.0 Å². The van der Waals surface area contributed by atoms with Crippen molar-refractivity contribution >= 4 is 32.7 Å². The summed E-state index contributed by atoms with van der Waals surface area (Å²) in [6, 6.07) is 15.9. The van der Waals surface area contributed by atoms with E-state index < -0.39 is 28.1 Å². The molecule has 3 N–H and O–H groups in total. The average Bonchev–Trinajstić information content (AvgIpc) is 3.45. The fraction of sp³-hybridized carbons (Fsp3) is 0.273. The van der Waals surface area contributed by atoms with Gasteiger partial charge in [-0.05, 0) is 30.2 Å². The summed E-state index contributed by atoms with van der Waals surface area (Å²) in [6.07, 6.45) is 1.58. The zero-order chi connectivity index (χ0) is 22.6. The minimum Gasteiger partial charge on any atom is -0.361 e. The van der Waals surface area contributed by atoms with Crippen molar-refractivity contribution in [3.63, 3.8) is 0 Å². The summed E-state index contributed by atoms with van der Waals surface area (Å²) in [5, 5.41) is 6.13. The molecule has 0 saturated carbocycles. The van der Waals surface area contributed by atoms with Gasteiger partial charge in [0.1, 0.15) is 6.23 Å². The molecule has 0 spiro atoms. The molecule has 2 heterocycles. The van der Waals surface area contributed by atoms with Gasteiger partial charge >= 0.3 is 11.8 Å². The number of para-hydroxylation sites is 1. The predicted octanol–water partition coefficient (Wildman–Crippen LogP) is 0.990. The molecular formula is C22H24N4O5S. The van der Waals surface area contributed by atoms with Crippen LogP contribution in [0.1, 0.15) is 5.56 Å². The highest BCUT2D eigenvalue weighted by atomic mass is 32.2. The molecule has 1 atom stereocenters. The molecule has 0 unspecified atom stereocenters. The van der Waals surface area contributed by atoms with Crippen LogP contribution in [0.2, 0.25) is 0 Å². The number of nitrogens with zero attached hydrogens (tertiary/aromatic N) is 1. The van der Waals surface area contributed by atoms with Crippen molar-refractivity contribution in [2.24, 2.45) is 0 Å². The molecule has 1 aliphatic heterocycles. The SMILES string of the molecule is O=C(NCCc1c[nH]c2ccccc12)C(=O)NC[C@H]1OCCN1S(=O)(=O)c1ccccc1. The highest BCUT2D eigenvalue weighted by molar-refractivity contribution is 7.89. The molecule has 168 valence electrons. The second-order valence-corrected chi connectivity index (χ2v) is 9.22. The van der Waals surface area contributed by atoms with Crippen LogP contribution in [0, 0.1) is 0 Å². The van der Waals surface area contributed by atoms with Gasteiger partial charge in [-0.2, -0.15) is 4.31 Å². The monoisotopic (exact) mass is 456 g/mol. The van der Waals surface area contributed by atoms with Crippen LogP contribution in [0.25, 0.3) is 10.9 Å². The van der Waals surface area contributed by atoms with Gasteiger partial charge in [-0.3, -0.25) is 9.59 Å². The van der Waals surface area contributed by atoms with Gasteiger partial charge in [-0.25, -0.2) is 8.42 Å². The highest BCUT2D eigenvalue weighted by Crippen LogP contribution is 2.22. The maximum absolute atomic E-state index is 12.8. The Bertz CT molecular complexity index is 1210. The van der Waals surface area contributed by atoms with Gasteiger partial charge in [-0.1, -0.05) is 36.4 Å². The van der Waals surface area contributed by atoms with E-state index in [0.717, 1.165) is 16.5 Å². The molecule has 1 aliphatic rings. The minimum absolute atomic E-state index is 0.124. The van der Waals surface area contributed by atoms with Crippen LogP contribution >= 0.6 is 0 Å². The Morgan fingerprint density at radius 1 is 1.03 bits per heavy atom. The Balaban J connectivity index is 1.27. The average molecular weight is 457 g/mol. The number of carbonyl (C=O) groups is 2. The number of rotatable bonds is 7. The smallest absolute Gasteiger partial charge is 0.309 e. The summed E-state index contributed by atoms with van der Waals surface area (Å²) >= 11 is 0. The van der Waals surface area contributed by atoms with Crippen molar-refractivity contribution in [3.8, 4) is 0 Å². The highest BCUT2D eigenvalue weighted by Gasteiger charge is 2.36. The molecule has 1 fully saturated rings. The van der Waals surface area contributed by atoms with Crippen LogP contribution in [0.3, 0.4) is 0 Å². The second-order valence-electron chi connectivity index (χ2n) is 7.33. The molecule has 3 aromatic rings. The third-order valence-corrected chi connectivity index (χ3v) is 7.19. The number of H-pyrrole nitrogens is 1. The number of aromatic nitrogens is 1. The molecule has 32 heavy (non-hydrogen) atoms. The molecule has 0 aliphatic carbocycles. The van der Waals surface area contributed by atoms with E-state index in [1.54, 1.807) is 18.2 Å². The van der Waals surface area contributed by atoms with Crippen LogP contribution in [0.15, 0.2) is 65.7 Å². The number of nitrogens with one attached hydrogen (secondary N) is 3. The number of amides is 2. The molecule has 1 aromatic heterocycles. The van der Waals surface area contributed by atoms with Crippen molar-refractivity contribution in [3.05, 3.63) is 66.4 Å².